The molecule has 0 saturated carbocycles. The van der Waals surface area contributed by atoms with E-state index in [-0.39, 0.29) is 11.1 Å². The van der Waals surface area contributed by atoms with Gasteiger partial charge in [0.1, 0.15) is 0 Å². The summed E-state index contributed by atoms with van der Waals surface area (Å²) in [4.78, 5) is 11.3. The molecule has 0 heterocycles. The molecule has 0 fully saturated rings. The smallest absolute Gasteiger partial charge is 0.311 e. The maximum Gasteiger partial charge on any atom is 0.311 e. The Bertz CT molecular complexity index is 224. The molecule has 0 spiro atoms. The molecule has 0 radical (unpaired) electrons. The van der Waals surface area contributed by atoms with E-state index in [0.717, 1.165) is 18.6 Å². The summed E-state index contributed by atoms with van der Waals surface area (Å²) < 4.78 is 5.08. The minimum Gasteiger partial charge on any atom is -0.465 e. The highest BCUT2D eigenvalue weighted by molar-refractivity contribution is 8.13. The number of hydrogen-bond acceptors (Lipinski definition) is 4. The number of carbonyl (C=O) groups excluding carboxylic acids is 1. The van der Waals surface area contributed by atoms with E-state index in [2.05, 4.69) is 0 Å². The molecule has 88 valence electrons. The number of nitrogens with one attached hydrogen (secondary N) is 1. The number of amidine groups is 1. The summed E-state index contributed by atoms with van der Waals surface area (Å²) in [6, 6.07) is 0. The summed E-state index contributed by atoms with van der Waals surface area (Å²) >= 11 is 1.32. The standard InChI is InChI=1S/C10H20N2O2S/c1-10(2,3)8(13)14-6-4-5-7-15-9(11)12/h4-7H2,1-3H3,(H3,11,12). The van der Waals surface area contributed by atoms with Crippen LogP contribution in [0.2, 0.25) is 0 Å². The van der Waals surface area contributed by atoms with Crippen LogP contribution in [0, 0.1) is 10.8 Å². The Morgan fingerprint density at radius 3 is 2.47 bits per heavy atom. The first-order chi connectivity index (χ1) is 6.84. The molecule has 4 nitrogen and oxygen atoms in total. The molecule has 0 aliphatic carbocycles. The summed E-state index contributed by atoms with van der Waals surface area (Å²) in [5.74, 6) is 0.643. The first-order valence-electron chi connectivity index (χ1n) is 4.98. The fraction of sp³-hybridized carbons (Fsp3) is 0.800. The first-order valence-corrected chi connectivity index (χ1v) is 5.96. The second-order valence-electron chi connectivity index (χ2n) is 4.31. The average Bonchev–Trinajstić information content (AvgIpc) is 2.08. The van der Waals surface area contributed by atoms with Crippen molar-refractivity contribution in [1.82, 2.24) is 0 Å². The normalized spacial score (nSPS) is 11.1. The van der Waals surface area contributed by atoms with Crippen LogP contribution in [0.15, 0.2) is 0 Å². The summed E-state index contributed by atoms with van der Waals surface area (Å²) in [5.41, 5.74) is 4.75. The van der Waals surface area contributed by atoms with Gasteiger partial charge < -0.3 is 10.5 Å². The van der Waals surface area contributed by atoms with Crippen LogP contribution in [0.5, 0.6) is 0 Å². The molecular weight excluding hydrogens is 212 g/mol. The Balaban J connectivity index is 3.40. The molecule has 0 aromatic heterocycles. The van der Waals surface area contributed by atoms with Crippen LogP contribution in [0.25, 0.3) is 0 Å². The van der Waals surface area contributed by atoms with E-state index < -0.39 is 5.41 Å². The number of unbranched alkanes of at least 4 members (excludes halogenated alkanes) is 1. The van der Waals surface area contributed by atoms with Crippen LogP contribution >= 0.6 is 11.8 Å². The summed E-state index contributed by atoms with van der Waals surface area (Å²) in [6.07, 6.45) is 1.73. The van der Waals surface area contributed by atoms with Gasteiger partial charge in [-0.05, 0) is 33.6 Å². The van der Waals surface area contributed by atoms with Gasteiger partial charge in [-0.2, -0.15) is 0 Å². The zero-order chi connectivity index (χ0) is 11.9. The second-order valence-corrected chi connectivity index (χ2v) is 5.44. The molecule has 0 aromatic rings. The number of thioether (sulfide) groups is 1. The van der Waals surface area contributed by atoms with Gasteiger partial charge in [0.05, 0.1) is 12.0 Å². The van der Waals surface area contributed by atoms with Crippen molar-refractivity contribution < 1.29 is 9.53 Å². The Morgan fingerprint density at radius 2 is 2.00 bits per heavy atom. The molecule has 0 aliphatic rings. The lowest BCUT2D eigenvalue weighted by Gasteiger charge is -2.16. The van der Waals surface area contributed by atoms with Crippen molar-refractivity contribution >= 4 is 22.9 Å². The minimum absolute atomic E-state index is 0.140. The van der Waals surface area contributed by atoms with E-state index >= 15 is 0 Å². The van der Waals surface area contributed by atoms with Gasteiger partial charge in [-0.3, -0.25) is 10.2 Å². The first kappa shape index (κ1) is 14.3. The topological polar surface area (TPSA) is 76.2 Å². The molecule has 0 saturated heterocycles. The fourth-order valence-corrected chi connectivity index (χ4v) is 1.34. The fourth-order valence-electron chi connectivity index (χ4n) is 0.768. The van der Waals surface area contributed by atoms with Crippen LogP contribution in [0.4, 0.5) is 0 Å². The quantitative estimate of drug-likeness (QED) is 0.329. The van der Waals surface area contributed by atoms with Gasteiger partial charge in [0.2, 0.25) is 0 Å². The molecular formula is C10H20N2O2S. The van der Waals surface area contributed by atoms with Gasteiger partial charge in [-0.25, -0.2) is 0 Å². The molecule has 0 aromatic carbocycles. The molecule has 0 amide bonds. The van der Waals surface area contributed by atoms with Crippen molar-refractivity contribution in [2.75, 3.05) is 12.4 Å². The van der Waals surface area contributed by atoms with Gasteiger partial charge in [0, 0.05) is 5.75 Å². The second kappa shape index (κ2) is 6.71. The largest absolute Gasteiger partial charge is 0.465 e. The van der Waals surface area contributed by atoms with Crippen LogP contribution in [0.3, 0.4) is 0 Å². The van der Waals surface area contributed by atoms with Crippen molar-refractivity contribution in [1.29, 1.82) is 5.41 Å². The Hall–Kier alpha value is -0.710. The summed E-state index contributed by atoms with van der Waals surface area (Å²) in [5, 5.41) is 7.12. The van der Waals surface area contributed by atoms with Gasteiger partial charge in [-0.1, -0.05) is 11.8 Å². The minimum atomic E-state index is -0.422. The zero-order valence-corrected chi connectivity index (χ0v) is 10.4. The summed E-state index contributed by atoms with van der Waals surface area (Å²) in [7, 11) is 0. The predicted molar refractivity (Wildman–Crippen MR) is 64.0 cm³/mol. The van der Waals surface area contributed by atoms with E-state index in [0.29, 0.717) is 6.61 Å². The van der Waals surface area contributed by atoms with Gasteiger partial charge in [0.25, 0.3) is 0 Å². The highest BCUT2D eigenvalue weighted by atomic mass is 32.2. The third-order valence-corrected chi connectivity index (χ3v) is 2.45. The Kier molecular flexibility index (Phi) is 6.40. The van der Waals surface area contributed by atoms with Crippen LogP contribution in [-0.2, 0) is 9.53 Å². The Morgan fingerprint density at radius 1 is 1.40 bits per heavy atom. The van der Waals surface area contributed by atoms with Gasteiger partial charge >= 0.3 is 5.97 Å². The predicted octanol–water partition coefficient (Wildman–Crippen LogP) is 1.98. The molecule has 0 bridgehead atoms. The van der Waals surface area contributed by atoms with E-state index in [1.54, 1.807) is 0 Å². The number of carbonyl (C=O) groups is 1. The summed E-state index contributed by atoms with van der Waals surface area (Å²) in [6.45, 7) is 5.96. The zero-order valence-electron chi connectivity index (χ0n) is 9.63. The molecule has 3 N–H and O–H groups in total. The van der Waals surface area contributed by atoms with Crippen molar-refractivity contribution in [3.8, 4) is 0 Å². The third kappa shape index (κ3) is 8.30. The molecule has 5 heteroatoms. The number of nitrogens with two attached hydrogens (primary N) is 1. The van der Waals surface area contributed by atoms with Crippen LogP contribution in [-0.4, -0.2) is 23.5 Å². The SMILES string of the molecule is CC(C)(C)C(=O)OCCCCSC(=N)N. The van der Waals surface area contributed by atoms with Crippen LogP contribution < -0.4 is 5.73 Å². The molecule has 0 unspecified atom stereocenters. The third-order valence-electron chi connectivity index (χ3n) is 1.64. The molecule has 0 rings (SSSR count). The van der Waals surface area contributed by atoms with Crippen LogP contribution in [0.1, 0.15) is 33.6 Å². The highest BCUT2D eigenvalue weighted by Crippen LogP contribution is 2.15. The maximum atomic E-state index is 11.3. The van der Waals surface area contributed by atoms with E-state index in [1.807, 2.05) is 20.8 Å². The van der Waals surface area contributed by atoms with Crippen molar-refractivity contribution in [2.45, 2.75) is 33.6 Å². The lowest BCUT2D eigenvalue weighted by atomic mass is 9.97. The highest BCUT2D eigenvalue weighted by Gasteiger charge is 2.22. The van der Waals surface area contributed by atoms with Gasteiger partial charge in [0.15, 0.2) is 5.17 Å². The molecule has 0 aliphatic heterocycles. The van der Waals surface area contributed by atoms with Gasteiger partial charge in [-0.15, -0.1) is 0 Å². The average molecular weight is 232 g/mol. The van der Waals surface area contributed by atoms with E-state index in [1.165, 1.54) is 11.8 Å². The number of hydrogen-bond donors (Lipinski definition) is 2. The Labute approximate surface area is 95.4 Å². The number of ether oxygens (including phenoxy) is 1. The van der Waals surface area contributed by atoms with E-state index in [4.69, 9.17) is 15.9 Å². The number of esters is 1. The van der Waals surface area contributed by atoms with Crippen molar-refractivity contribution in [2.24, 2.45) is 11.1 Å². The lowest BCUT2D eigenvalue weighted by molar-refractivity contribution is -0.153. The molecule has 15 heavy (non-hydrogen) atoms. The van der Waals surface area contributed by atoms with E-state index in [9.17, 15) is 4.79 Å². The number of rotatable bonds is 5. The molecule has 0 atom stereocenters. The maximum absolute atomic E-state index is 11.3. The van der Waals surface area contributed by atoms with Crippen molar-refractivity contribution in [3.63, 3.8) is 0 Å². The monoisotopic (exact) mass is 232 g/mol. The lowest BCUT2D eigenvalue weighted by Crippen LogP contribution is -2.23. The van der Waals surface area contributed by atoms with Crippen molar-refractivity contribution in [3.05, 3.63) is 0 Å².